The van der Waals surface area contributed by atoms with Gasteiger partial charge in [-0.1, -0.05) is 24.3 Å². The number of fused-ring (bicyclic) bond motifs is 4. The molecule has 0 aliphatic carbocycles. The third-order valence-corrected chi connectivity index (χ3v) is 8.37. The number of rotatable bonds is 8. The molecule has 3 aliphatic heterocycles. The highest BCUT2D eigenvalue weighted by atomic mass is 19.1. The maximum Gasteiger partial charge on any atom is 0.303 e. The Morgan fingerprint density at radius 2 is 1.97 bits per heavy atom. The number of halogens is 1. The number of carboxylic acid groups (broad SMARTS) is 1. The average Bonchev–Trinajstić information content (AvgIpc) is 2.91. The van der Waals surface area contributed by atoms with Crippen molar-refractivity contribution in [3.05, 3.63) is 59.4 Å². The van der Waals surface area contributed by atoms with Gasteiger partial charge in [0.25, 0.3) is 0 Å². The first kappa shape index (κ1) is 26.5. The Morgan fingerprint density at radius 3 is 2.71 bits per heavy atom. The minimum Gasteiger partial charge on any atom is -0.490 e. The molecule has 0 unspecified atom stereocenters. The molecule has 1 amide bonds. The van der Waals surface area contributed by atoms with Crippen LogP contribution in [0.25, 0.3) is 0 Å². The summed E-state index contributed by atoms with van der Waals surface area (Å²) in [5, 5.41) is 9.44. The summed E-state index contributed by atoms with van der Waals surface area (Å²) in [6.45, 7) is 5.65. The van der Waals surface area contributed by atoms with E-state index < -0.39 is 11.6 Å². The van der Waals surface area contributed by atoms with E-state index in [9.17, 15) is 19.1 Å². The van der Waals surface area contributed by atoms with Crippen LogP contribution in [0, 0.1) is 17.7 Å². The maximum atomic E-state index is 13.2. The van der Waals surface area contributed by atoms with Crippen molar-refractivity contribution >= 4 is 11.9 Å². The number of nitrogens with zero attached hydrogens (tertiary/aromatic N) is 1. The Bertz CT molecular complexity index is 1170. The highest BCUT2D eigenvalue weighted by molar-refractivity contribution is 5.76. The molecule has 0 aromatic heterocycles. The van der Waals surface area contributed by atoms with Crippen LogP contribution in [0.4, 0.5) is 4.39 Å². The van der Waals surface area contributed by atoms with Crippen molar-refractivity contribution < 1.29 is 33.3 Å². The van der Waals surface area contributed by atoms with Gasteiger partial charge in [-0.05, 0) is 63.3 Å². The van der Waals surface area contributed by atoms with Crippen molar-refractivity contribution in [1.29, 1.82) is 0 Å². The van der Waals surface area contributed by atoms with E-state index in [2.05, 4.69) is 0 Å². The van der Waals surface area contributed by atoms with Gasteiger partial charge in [-0.3, -0.25) is 9.59 Å². The predicted molar refractivity (Wildman–Crippen MR) is 139 cm³/mol. The smallest absolute Gasteiger partial charge is 0.303 e. The van der Waals surface area contributed by atoms with Gasteiger partial charge in [0.15, 0.2) is 11.5 Å². The molecule has 0 bridgehead atoms. The van der Waals surface area contributed by atoms with Gasteiger partial charge in [-0.25, -0.2) is 4.39 Å². The van der Waals surface area contributed by atoms with Crippen LogP contribution in [-0.4, -0.2) is 53.3 Å². The Morgan fingerprint density at radius 1 is 1.18 bits per heavy atom. The van der Waals surface area contributed by atoms with Crippen LogP contribution in [0.3, 0.4) is 0 Å². The molecule has 3 heterocycles. The Hall–Kier alpha value is -3.13. The number of benzene rings is 2. The topological polar surface area (TPSA) is 85.3 Å². The lowest BCUT2D eigenvalue weighted by Gasteiger charge is -2.54. The predicted octanol–water partition coefficient (Wildman–Crippen LogP) is 5.17. The van der Waals surface area contributed by atoms with Crippen molar-refractivity contribution in [2.75, 3.05) is 19.7 Å². The van der Waals surface area contributed by atoms with Crippen molar-refractivity contribution in [3.8, 4) is 11.5 Å². The molecule has 2 saturated heterocycles. The molecule has 7 nitrogen and oxygen atoms in total. The number of carboxylic acids is 1. The van der Waals surface area contributed by atoms with Crippen LogP contribution in [0.5, 0.6) is 11.5 Å². The van der Waals surface area contributed by atoms with Gasteiger partial charge in [-0.15, -0.1) is 0 Å². The quantitative estimate of drug-likeness (QED) is 0.512. The number of hydrogen-bond acceptors (Lipinski definition) is 5. The lowest BCUT2D eigenvalue weighted by atomic mass is 9.68. The lowest BCUT2D eigenvalue weighted by molar-refractivity contribution is -0.194. The van der Waals surface area contributed by atoms with E-state index in [1.165, 1.54) is 12.1 Å². The van der Waals surface area contributed by atoms with Gasteiger partial charge >= 0.3 is 5.97 Å². The maximum absolute atomic E-state index is 13.2. The van der Waals surface area contributed by atoms with Crippen molar-refractivity contribution in [2.24, 2.45) is 11.8 Å². The van der Waals surface area contributed by atoms with E-state index in [-0.39, 0.29) is 42.2 Å². The summed E-state index contributed by atoms with van der Waals surface area (Å²) < 4.78 is 32.4. The number of carbonyl (C=O) groups excluding carboxylic acids is 1. The fourth-order valence-corrected chi connectivity index (χ4v) is 6.33. The lowest BCUT2D eigenvalue weighted by Crippen LogP contribution is -2.57. The van der Waals surface area contributed by atoms with Crippen LogP contribution < -0.4 is 9.47 Å². The Labute approximate surface area is 222 Å². The highest BCUT2D eigenvalue weighted by Crippen LogP contribution is 2.56. The minimum absolute atomic E-state index is 0.00601. The van der Waals surface area contributed by atoms with E-state index in [0.717, 1.165) is 24.0 Å². The first-order valence-electron chi connectivity index (χ1n) is 13.6. The van der Waals surface area contributed by atoms with Gasteiger partial charge in [-0.2, -0.15) is 0 Å². The first-order valence-corrected chi connectivity index (χ1v) is 13.6. The molecule has 0 spiro atoms. The zero-order chi connectivity index (χ0) is 26.9. The van der Waals surface area contributed by atoms with Crippen LogP contribution in [-0.2, 0) is 20.7 Å². The van der Waals surface area contributed by atoms with E-state index in [1.807, 2.05) is 36.9 Å². The number of likely N-dealkylation sites (tertiary alicyclic amines) is 1. The molecule has 2 aromatic carbocycles. The molecular formula is C30H36FNO6. The zero-order valence-corrected chi connectivity index (χ0v) is 22.0. The number of aliphatic carboxylic acids is 1. The summed E-state index contributed by atoms with van der Waals surface area (Å²) in [5.41, 5.74) is 1.14. The van der Waals surface area contributed by atoms with Gasteiger partial charge < -0.3 is 24.2 Å². The number of para-hydroxylation sites is 1. The van der Waals surface area contributed by atoms with Gasteiger partial charge in [0, 0.05) is 43.3 Å². The highest BCUT2D eigenvalue weighted by Gasteiger charge is 2.54. The number of amides is 1. The van der Waals surface area contributed by atoms with Crippen LogP contribution in [0.2, 0.25) is 0 Å². The second kappa shape index (κ2) is 10.9. The monoisotopic (exact) mass is 525 g/mol. The summed E-state index contributed by atoms with van der Waals surface area (Å²) in [6.07, 6.45) is 2.63. The average molecular weight is 526 g/mol. The molecule has 5 atom stereocenters. The van der Waals surface area contributed by atoms with Crippen molar-refractivity contribution in [2.45, 2.75) is 70.2 Å². The first-order chi connectivity index (χ1) is 18.3. The third kappa shape index (κ3) is 5.37. The molecular weight excluding hydrogens is 489 g/mol. The van der Waals surface area contributed by atoms with E-state index in [1.54, 1.807) is 12.1 Å². The Balaban J connectivity index is 1.33. The normalized spacial score (nSPS) is 27.9. The zero-order valence-electron chi connectivity index (χ0n) is 22.0. The van der Waals surface area contributed by atoms with Crippen molar-refractivity contribution in [1.82, 2.24) is 4.90 Å². The summed E-state index contributed by atoms with van der Waals surface area (Å²) >= 11 is 0. The molecule has 8 heteroatoms. The molecule has 0 radical (unpaired) electrons. The molecule has 5 rings (SSSR count). The standard InChI is InChI=1S/C30H36FNO6/c1-3-36-25-6-4-5-22-28-23(30(2,38-29(22)25)15-13-27(34)35)17-20-18-32(16-14-24(20)37-28)26(33)12-9-19-7-10-21(31)11-8-19/h4-8,10-11,20,23-24,28H,3,9,12-18H2,1-2H3,(H,34,35)/t20-,23-,24-,28+,30+/m1/s1. The van der Waals surface area contributed by atoms with Crippen molar-refractivity contribution in [3.63, 3.8) is 0 Å². The van der Waals surface area contributed by atoms with E-state index >= 15 is 0 Å². The molecule has 3 aliphatic rings. The summed E-state index contributed by atoms with van der Waals surface area (Å²) in [7, 11) is 0. The van der Waals surface area contributed by atoms with E-state index in [4.69, 9.17) is 14.2 Å². The fourth-order valence-electron chi connectivity index (χ4n) is 6.33. The second-order valence-electron chi connectivity index (χ2n) is 10.9. The van der Waals surface area contributed by atoms with Gasteiger partial charge in [0.05, 0.1) is 18.8 Å². The number of ether oxygens (including phenoxy) is 3. The third-order valence-electron chi connectivity index (χ3n) is 8.37. The van der Waals surface area contributed by atoms with Crippen LogP contribution in [0.1, 0.15) is 63.2 Å². The van der Waals surface area contributed by atoms with Gasteiger partial charge in [0.2, 0.25) is 5.91 Å². The largest absolute Gasteiger partial charge is 0.490 e. The van der Waals surface area contributed by atoms with Crippen LogP contribution >= 0.6 is 0 Å². The summed E-state index contributed by atoms with van der Waals surface area (Å²) in [4.78, 5) is 26.5. The fraction of sp³-hybridized carbons (Fsp3) is 0.533. The molecule has 2 aromatic rings. The number of hydrogen-bond donors (Lipinski definition) is 1. The molecule has 204 valence electrons. The number of carbonyl (C=O) groups is 2. The molecule has 0 saturated carbocycles. The van der Waals surface area contributed by atoms with Gasteiger partial charge in [0.1, 0.15) is 11.4 Å². The number of piperidine rings is 1. The summed E-state index contributed by atoms with van der Waals surface area (Å²) in [6, 6.07) is 12.1. The molecule has 2 fully saturated rings. The Kier molecular flexibility index (Phi) is 7.61. The minimum atomic E-state index is -0.861. The summed E-state index contributed by atoms with van der Waals surface area (Å²) in [5.74, 6) is 0.339. The van der Waals surface area contributed by atoms with Crippen LogP contribution in [0.15, 0.2) is 42.5 Å². The number of aryl methyl sites for hydroxylation is 1. The molecule has 38 heavy (non-hydrogen) atoms. The SMILES string of the molecule is CCOc1cccc2c1O[C@@](C)(CCC(=O)O)[C@@H]1C[C@@H]3CN(C(=O)CCc4ccc(F)cc4)CC[C@H]3O[C@@H]21. The van der Waals surface area contributed by atoms with E-state index in [0.29, 0.717) is 50.5 Å². The second-order valence-corrected chi connectivity index (χ2v) is 10.9. The molecule has 1 N–H and O–H groups in total.